The fourth-order valence-electron chi connectivity index (χ4n) is 1.99. The molecule has 0 fully saturated rings. The lowest BCUT2D eigenvalue weighted by Gasteiger charge is -2.11. The molecule has 0 saturated heterocycles. The molecule has 0 radical (unpaired) electrons. The van der Waals surface area contributed by atoms with E-state index < -0.39 is 24.9 Å². The summed E-state index contributed by atoms with van der Waals surface area (Å²) >= 11 is 0. The monoisotopic (exact) mass is 325 g/mol. The van der Waals surface area contributed by atoms with Gasteiger partial charge in [-0.1, -0.05) is 18.2 Å². The molecule has 2 N–H and O–H groups in total. The molecule has 0 aromatic heterocycles. The van der Waals surface area contributed by atoms with E-state index >= 15 is 0 Å². The molecule has 0 unspecified atom stereocenters. The summed E-state index contributed by atoms with van der Waals surface area (Å²) in [7, 11) is 0. The number of benzene rings is 2. The second-order valence-electron chi connectivity index (χ2n) is 4.64. The van der Waals surface area contributed by atoms with Gasteiger partial charge < -0.3 is 15.2 Å². The molecule has 0 saturated carbocycles. The Morgan fingerprint density at radius 1 is 1.22 bits per heavy atom. The zero-order valence-electron chi connectivity index (χ0n) is 11.9. The molecule has 0 spiro atoms. The number of hydrogen-bond acceptors (Lipinski definition) is 3. The maximum Gasteiger partial charge on any atom is 0.387 e. The lowest BCUT2D eigenvalue weighted by atomic mass is 10.1. The van der Waals surface area contributed by atoms with Gasteiger partial charge in [0.15, 0.2) is 0 Å². The summed E-state index contributed by atoms with van der Waals surface area (Å²) in [6.07, 6.45) is 0. The van der Waals surface area contributed by atoms with Gasteiger partial charge in [-0.3, -0.25) is 4.79 Å². The van der Waals surface area contributed by atoms with Crippen molar-refractivity contribution in [2.45, 2.75) is 19.8 Å². The maximum absolute atomic E-state index is 13.3. The quantitative estimate of drug-likeness (QED) is 0.859. The summed E-state index contributed by atoms with van der Waals surface area (Å²) in [5, 5.41) is 11.5. The summed E-state index contributed by atoms with van der Waals surface area (Å²) in [5.41, 5.74) is 0.645. The van der Waals surface area contributed by atoms with Crippen molar-refractivity contribution in [3.05, 3.63) is 65.0 Å². The molecule has 0 aliphatic rings. The number of aliphatic hydroxyl groups is 1. The summed E-state index contributed by atoms with van der Waals surface area (Å²) in [4.78, 5) is 12.1. The van der Waals surface area contributed by atoms with Crippen LogP contribution in [0.1, 0.15) is 21.5 Å². The van der Waals surface area contributed by atoms with Gasteiger partial charge >= 0.3 is 6.61 Å². The normalized spacial score (nSPS) is 10.7. The molecule has 0 aliphatic carbocycles. The van der Waals surface area contributed by atoms with Crippen LogP contribution in [-0.2, 0) is 13.2 Å². The van der Waals surface area contributed by atoms with Crippen LogP contribution in [0, 0.1) is 5.82 Å². The SMILES string of the molecule is O=C(NCc1ccc(F)c(CO)c1)c1ccccc1OC(F)F. The minimum Gasteiger partial charge on any atom is -0.434 e. The highest BCUT2D eigenvalue weighted by Crippen LogP contribution is 2.20. The molecular formula is C16H14F3NO3. The van der Waals surface area contributed by atoms with E-state index in [-0.39, 0.29) is 23.4 Å². The molecule has 2 aromatic rings. The Morgan fingerprint density at radius 3 is 2.65 bits per heavy atom. The lowest BCUT2D eigenvalue weighted by molar-refractivity contribution is -0.0501. The van der Waals surface area contributed by atoms with Crippen LogP contribution in [0.5, 0.6) is 5.75 Å². The lowest BCUT2D eigenvalue weighted by Crippen LogP contribution is -2.24. The first kappa shape index (κ1) is 16.8. The molecule has 0 bridgehead atoms. The van der Waals surface area contributed by atoms with Gasteiger partial charge in [-0.15, -0.1) is 0 Å². The van der Waals surface area contributed by atoms with E-state index in [1.807, 2.05) is 0 Å². The second kappa shape index (κ2) is 7.64. The molecule has 0 atom stereocenters. The third-order valence-corrected chi connectivity index (χ3v) is 3.08. The predicted octanol–water partition coefficient (Wildman–Crippen LogP) is 2.85. The van der Waals surface area contributed by atoms with E-state index in [1.54, 1.807) is 0 Å². The number of carbonyl (C=O) groups is 1. The van der Waals surface area contributed by atoms with E-state index in [2.05, 4.69) is 10.1 Å². The predicted molar refractivity (Wildman–Crippen MR) is 76.6 cm³/mol. The summed E-state index contributed by atoms with van der Waals surface area (Å²) in [6.45, 7) is -3.44. The third kappa shape index (κ3) is 4.46. The standard InChI is InChI=1S/C16H14F3NO3/c17-13-6-5-10(7-11(13)9-21)8-20-15(22)12-3-1-2-4-14(12)23-16(18)19/h1-7,16,21H,8-9H2,(H,20,22). The van der Waals surface area contributed by atoms with E-state index in [9.17, 15) is 18.0 Å². The fraction of sp³-hybridized carbons (Fsp3) is 0.188. The number of para-hydroxylation sites is 1. The number of ether oxygens (including phenoxy) is 1. The largest absolute Gasteiger partial charge is 0.434 e. The number of rotatable bonds is 6. The van der Waals surface area contributed by atoms with Crippen LogP contribution < -0.4 is 10.1 Å². The first-order chi connectivity index (χ1) is 11.0. The molecule has 0 heterocycles. The van der Waals surface area contributed by atoms with Crippen LogP contribution in [0.4, 0.5) is 13.2 Å². The van der Waals surface area contributed by atoms with Gasteiger partial charge in [-0.05, 0) is 29.8 Å². The smallest absolute Gasteiger partial charge is 0.387 e. The number of nitrogens with one attached hydrogen (secondary N) is 1. The highest BCUT2D eigenvalue weighted by molar-refractivity contribution is 5.96. The summed E-state index contributed by atoms with van der Waals surface area (Å²) < 4.78 is 42.2. The van der Waals surface area contributed by atoms with Crippen LogP contribution >= 0.6 is 0 Å². The zero-order chi connectivity index (χ0) is 16.8. The maximum atomic E-state index is 13.3. The topological polar surface area (TPSA) is 58.6 Å². The van der Waals surface area contributed by atoms with Gasteiger partial charge in [-0.2, -0.15) is 8.78 Å². The van der Waals surface area contributed by atoms with Crippen molar-refractivity contribution >= 4 is 5.91 Å². The minimum atomic E-state index is -3.03. The van der Waals surface area contributed by atoms with E-state index in [1.165, 1.54) is 42.5 Å². The highest BCUT2D eigenvalue weighted by atomic mass is 19.3. The minimum absolute atomic E-state index is 0.0303. The Bertz CT molecular complexity index is 692. The van der Waals surface area contributed by atoms with Crippen molar-refractivity contribution in [1.82, 2.24) is 5.32 Å². The molecule has 122 valence electrons. The Hall–Kier alpha value is -2.54. The van der Waals surface area contributed by atoms with Gasteiger partial charge in [-0.25, -0.2) is 4.39 Å². The number of hydrogen-bond donors (Lipinski definition) is 2. The van der Waals surface area contributed by atoms with Crippen LogP contribution in [0.25, 0.3) is 0 Å². The molecule has 4 nitrogen and oxygen atoms in total. The molecule has 23 heavy (non-hydrogen) atoms. The first-order valence-corrected chi connectivity index (χ1v) is 6.71. The first-order valence-electron chi connectivity index (χ1n) is 6.71. The van der Waals surface area contributed by atoms with Crippen molar-refractivity contribution < 1.29 is 27.8 Å². The number of halogens is 3. The van der Waals surface area contributed by atoms with Crippen molar-refractivity contribution in [2.75, 3.05) is 0 Å². The number of amides is 1. The Morgan fingerprint density at radius 2 is 1.96 bits per heavy atom. The fourth-order valence-corrected chi connectivity index (χ4v) is 1.99. The average Bonchev–Trinajstić information content (AvgIpc) is 2.53. The van der Waals surface area contributed by atoms with Crippen molar-refractivity contribution in [2.24, 2.45) is 0 Å². The number of carbonyl (C=O) groups excluding carboxylic acids is 1. The third-order valence-electron chi connectivity index (χ3n) is 3.08. The molecule has 1 amide bonds. The number of aliphatic hydroxyl groups excluding tert-OH is 1. The summed E-state index contributed by atoms with van der Waals surface area (Å²) in [5.74, 6) is -1.37. The van der Waals surface area contributed by atoms with Crippen LogP contribution in [-0.4, -0.2) is 17.6 Å². The summed E-state index contributed by atoms with van der Waals surface area (Å²) in [6, 6.07) is 9.67. The molecular weight excluding hydrogens is 311 g/mol. The van der Waals surface area contributed by atoms with Gasteiger partial charge in [0.25, 0.3) is 5.91 Å². The van der Waals surface area contributed by atoms with Gasteiger partial charge in [0, 0.05) is 12.1 Å². The molecule has 2 aromatic carbocycles. The van der Waals surface area contributed by atoms with Gasteiger partial charge in [0.05, 0.1) is 12.2 Å². The second-order valence-corrected chi connectivity index (χ2v) is 4.64. The van der Waals surface area contributed by atoms with E-state index in [0.29, 0.717) is 5.56 Å². The molecule has 2 rings (SSSR count). The van der Waals surface area contributed by atoms with Crippen LogP contribution in [0.3, 0.4) is 0 Å². The Labute approximate surface area is 130 Å². The van der Waals surface area contributed by atoms with Gasteiger partial charge in [0.2, 0.25) is 0 Å². The zero-order valence-corrected chi connectivity index (χ0v) is 11.9. The highest BCUT2D eigenvalue weighted by Gasteiger charge is 2.15. The van der Waals surface area contributed by atoms with Crippen molar-refractivity contribution in [1.29, 1.82) is 0 Å². The average molecular weight is 325 g/mol. The van der Waals surface area contributed by atoms with E-state index in [0.717, 1.165) is 0 Å². The number of alkyl halides is 2. The van der Waals surface area contributed by atoms with Gasteiger partial charge in [0.1, 0.15) is 11.6 Å². The van der Waals surface area contributed by atoms with Crippen molar-refractivity contribution in [3.8, 4) is 5.75 Å². The molecule has 0 aliphatic heterocycles. The Kier molecular flexibility index (Phi) is 5.59. The van der Waals surface area contributed by atoms with Crippen LogP contribution in [0.2, 0.25) is 0 Å². The van der Waals surface area contributed by atoms with Crippen molar-refractivity contribution in [3.63, 3.8) is 0 Å². The van der Waals surface area contributed by atoms with E-state index in [4.69, 9.17) is 5.11 Å². The van der Waals surface area contributed by atoms with Crippen LogP contribution in [0.15, 0.2) is 42.5 Å². The Balaban J connectivity index is 2.08. The molecule has 7 heteroatoms.